The van der Waals surface area contributed by atoms with Crippen LogP contribution in [0.15, 0.2) is 60.7 Å². The summed E-state index contributed by atoms with van der Waals surface area (Å²) in [6.07, 6.45) is 2.99. The maximum Gasteiger partial charge on any atom is 0.336 e. The Morgan fingerprint density at radius 3 is 2.36 bits per heavy atom. The first-order valence-corrected chi connectivity index (χ1v) is 13.8. The van der Waals surface area contributed by atoms with Crippen molar-refractivity contribution in [3.05, 3.63) is 83.2 Å². The van der Waals surface area contributed by atoms with Gasteiger partial charge in [-0.1, -0.05) is 90.4 Å². The fourth-order valence-corrected chi connectivity index (χ4v) is 4.86. The van der Waals surface area contributed by atoms with Crippen molar-refractivity contribution in [2.45, 2.75) is 72.8 Å². The number of hydrogen-bond donors (Lipinski definition) is 2. The SMILES string of the molecule is CCCCc1nc2ccc(NC(=O)C(C)C)cc2n1Cc1ccc(-c2cccc(C(C)(C)C)c2C(=O)O)cc1. The van der Waals surface area contributed by atoms with Gasteiger partial charge in [0.1, 0.15) is 5.82 Å². The minimum absolute atomic E-state index is 0.0153. The van der Waals surface area contributed by atoms with Crippen LogP contribution in [0.3, 0.4) is 0 Å². The van der Waals surface area contributed by atoms with Crippen LogP contribution in [0.5, 0.6) is 0 Å². The van der Waals surface area contributed by atoms with E-state index in [2.05, 4.69) is 28.9 Å². The molecule has 39 heavy (non-hydrogen) atoms. The molecule has 0 unspecified atom stereocenters. The van der Waals surface area contributed by atoms with Crippen LogP contribution in [0.25, 0.3) is 22.2 Å². The van der Waals surface area contributed by atoms with Crippen LogP contribution in [-0.2, 0) is 23.2 Å². The zero-order valence-electron chi connectivity index (χ0n) is 23.8. The molecule has 6 heteroatoms. The van der Waals surface area contributed by atoms with Gasteiger partial charge in [-0.05, 0) is 52.3 Å². The molecule has 0 aliphatic heterocycles. The van der Waals surface area contributed by atoms with Crippen molar-refractivity contribution in [2.75, 3.05) is 5.32 Å². The van der Waals surface area contributed by atoms with E-state index in [9.17, 15) is 14.7 Å². The first kappa shape index (κ1) is 28.1. The average molecular weight is 526 g/mol. The quantitative estimate of drug-likeness (QED) is 0.235. The number of carbonyl (C=O) groups excluding carboxylic acids is 1. The fraction of sp³-hybridized carbons (Fsp3) is 0.364. The molecule has 4 aromatic rings. The number of aromatic carboxylic acids is 1. The van der Waals surface area contributed by atoms with Gasteiger partial charge in [-0.2, -0.15) is 0 Å². The molecule has 1 aromatic heterocycles. The highest BCUT2D eigenvalue weighted by Gasteiger charge is 2.24. The zero-order chi connectivity index (χ0) is 28.3. The lowest BCUT2D eigenvalue weighted by molar-refractivity contribution is -0.118. The van der Waals surface area contributed by atoms with Gasteiger partial charge in [-0.15, -0.1) is 0 Å². The van der Waals surface area contributed by atoms with E-state index in [0.29, 0.717) is 12.1 Å². The third kappa shape index (κ3) is 6.22. The maximum atomic E-state index is 12.3. The Labute approximate surface area is 231 Å². The molecular weight excluding hydrogens is 486 g/mol. The molecule has 4 rings (SSSR count). The van der Waals surface area contributed by atoms with Gasteiger partial charge in [0.05, 0.1) is 16.6 Å². The van der Waals surface area contributed by atoms with E-state index >= 15 is 0 Å². The summed E-state index contributed by atoms with van der Waals surface area (Å²) in [5.41, 5.74) is 6.25. The summed E-state index contributed by atoms with van der Waals surface area (Å²) >= 11 is 0. The molecular formula is C33H39N3O3. The number of amides is 1. The number of aryl methyl sites for hydroxylation is 1. The predicted molar refractivity (Wildman–Crippen MR) is 158 cm³/mol. The summed E-state index contributed by atoms with van der Waals surface area (Å²) in [6.45, 7) is 12.7. The second kappa shape index (κ2) is 11.4. The number of carboxylic acid groups (broad SMARTS) is 1. The number of fused-ring (bicyclic) bond motifs is 1. The smallest absolute Gasteiger partial charge is 0.336 e. The van der Waals surface area contributed by atoms with Gasteiger partial charge in [0.15, 0.2) is 0 Å². The summed E-state index contributed by atoms with van der Waals surface area (Å²) in [7, 11) is 0. The summed E-state index contributed by atoms with van der Waals surface area (Å²) < 4.78 is 2.23. The highest BCUT2D eigenvalue weighted by atomic mass is 16.4. The van der Waals surface area contributed by atoms with Gasteiger partial charge in [-0.3, -0.25) is 4.79 Å². The summed E-state index contributed by atoms with van der Waals surface area (Å²) in [5, 5.41) is 13.1. The topological polar surface area (TPSA) is 84.2 Å². The van der Waals surface area contributed by atoms with E-state index in [-0.39, 0.29) is 17.2 Å². The van der Waals surface area contributed by atoms with Crippen LogP contribution in [0.1, 0.15) is 81.7 Å². The summed E-state index contributed by atoms with van der Waals surface area (Å²) in [6, 6.07) is 19.7. The Hall–Kier alpha value is -3.93. The Bertz CT molecular complexity index is 1490. The molecule has 3 aromatic carbocycles. The van der Waals surface area contributed by atoms with Gasteiger partial charge in [-0.25, -0.2) is 9.78 Å². The fourth-order valence-electron chi connectivity index (χ4n) is 4.86. The molecule has 0 radical (unpaired) electrons. The van der Waals surface area contributed by atoms with Gasteiger partial charge in [0.25, 0.3) is 0 Å². The first-order chi connectivity index (χ1) is 18.5. The van der Waals surface area contributed by atoms with E-state index in [0.717, 1.165) is 64.1 Å². The van der Waals surface area contributed by atoms with Crippen molar-refractivity contribution in [2.24, 2.45) is 5.92 Å². The standard InChI is InChI=1S/C33H39N3O3/c1-7-8-12-29-35-27-18-17-24(34-31(37)21(2)3)19-28(27)36(29)20-22-13-15-23(16-14-22)25-10-9-11-26(33(4,5)6)30(25)32(38)39/h9-11,13-19,21H,7-8,12,20H2,1-6H3,(H,34,37)(H,38,39). The number of benzene rings is 3. The van der Waals surface area contributed by atoms with Crippen molar-refractivity contribution in [3.8, 4) is 11.1 Å². The van der Waals surface area contributed by atoms with Gasteiger partial charge in [0.2, 0.25) is 5.91 Å². The molecule has 6 nitrogen and oxygen atoms in total. The number of nitrogens with one attached hydrogen (secondary N) is 1. The van der Waals surface area contributed by atoms with E-state index in [1.165, 1.54) is 0 Å². The highest BCUT2D eigenvalue weighted by molar-refractivity contribution is 5.98. The molecule has 0 saturated carbocycles. The molecule has 0 atom stereocenters. The minimum atomic E-state index is -0.912. The number of imidazole rings is 1. The van der Waals surface area contributed by atoms with Crippen LogP contribution >= 0.6 is 0 Å². The summed E-state index contributed by atoms with van der Waals surface area (Å²) in [5.74, 6) is -0.00633. The molecule has 1 heterocycles. The van der Waals surface area contributed by atoms with Crippen molar-refractivity contribution >= 4 is 28.6 Å². The predicted octanol–water partition coefficient (Wildman–Crippen LogP) is 7.68. The number of aromatic nitrogens is 2. The van der Waals surface area contributed by atoms with Crippen LogP contribution in [0, 0.1) is 5.92 Å². The molecule has 204 valence electrons. The number of unbranched alkanes of at least 4 members (excludes halogenated alkanes) is 1. The Balaban J connectivity index is 1.71. The van der Waals surface area contributed by atoms with Crippen LogP contribution in [0.4, 0.5) is 5.69 Å². The van der Waals surface area contributed by atoms with Crippen molar-refractivity contribution < 1.29 is 14.7 Å². The third-order valence-corrected chi connectivity index (χ3v) is 7.07. The third-order valence-electron chi connectivity index (χ3n) is 7.07. The molecule has 0 bridgehead atoms. The van der Waals surface area contributed by atoms with E-state index in [1.54, 1.807) is 0 Å². The Kier molecular flexibility index (Phi) is 8.24. The molecule has 0 saturated heterocycles. The molecule has 0 fully saturated rings. The second-order valence-corrected chi connectivity index (χ2v) is 11.5. The number of hydrogen-bond acceptors (Lipinski definition) is 3. The number of anilines is 1. The van der Waals surface area contributed by atoms with Crippen LogP contribution < -0.4 is 5.32 Å². The van der Waals surface area contributed by atoms with E-state index in [1.807, 2.05) is 83.1 Å². The molecule has 0 spiro atoms. The number of carboxylic acids is 1. The Morgan fingerprint density at radius 2 is 1.74 bits per heavy atom. The Morgan fingerprint density at radius 1 is 1.03 bits per heavy atom. The summed E-state index contributed by atoms with van der Waals surface area (Å²) in [4.78, 5) is 29.5. The van der Waals surface area contributed by atoms with Crippen LogP contribution in [0.2, 0.25) is 0 Å². The van der Waals surface area contributed by atoms with Crippen molar-refractivity contribution in [1.29, 1.82) is 0 Å². The number of rotatable bonds is 9. The normalized spacial score (nSPS) is 11.8. The number of nitrogens with zero attached hydrogens (tertiary/aromatic N) is 2. The van der Waals surface area contributed by atoms with Crippen molar-refractivity contribution in [3.63, 3.8) is 0 Å². The molecule has 1 amide bonds. The van der Waals surface area contributed by atoms with Crippen molar-refractivity contribution in [1.82, 2.24) is 9.55 Å². The largest absolute Gasteiger partial charge is 0.478 e. The molecule has 0 aliphatic rings. The second-order valence-electron chi connectivity index (χ2n) is 11.5. The first-order valence-electron chi connectivity index (χ1n) is 13.8. The monoisotopic (exact) mass is 525 g/mol. The zero-order valence-corrected chi connectivity index (χ0v) is 23.8. The number of carbonyl (C=O) groups is 2. The minimum Gasteiger partial charge on any atom is -0.478 e. The average Bonchev–Trinajstić information content (AvgIpc) is 3.23. The lowest BCUT2D eigenvalue weighted by atomic mass is 9.81. The molecule has 0 aliphatic carbocycles. The lowest BCUT2D eigenvalue weighted by Gasteiger charge is -2.23. The lowest BCUT2D eigenvalue weighted by Crippen LogP contribution is -2.17. The highest BCUT2D eigenvalue weighted by Crippen LogP contribution is 2.33. The van der Waals surface area contributed by atoms with Gasteiger partial charge < -0.3 is 15.0 Å². The van der Waals surface area contributed by atoms with Crippen LogP contribution in [-0.4, -0.2) is 26.5 Å². The maximum absolute atomic E-state index is 12.3. The van der Waals surface area contributed by atoms with Gasteiger partial charge in [0, 0.05) is 24.6 Å². The van der Waals surface area contributed by atoms with E-state index < -0.39 is 5.97 Å². The van der Waals surface area contributed by atoms with E-state index in [4.69, 9.17) is 4.98 Å². The van der Waals surface area contributed by atoms with Gasteiger partial charge >= 0.3 is 5.97 Å². The molecule has 2 N–H and O–H groups in total.